The zero-order valence-electron chi connectivity index (χ0n) is 10.8. The predicted octanol–water partition coefficient (Wildman–Crippen LogP) is 0.0190. The Kier molecular flexibility index (Phi) is 4.00. The molecule has 1 aromatic rings. The Bertz CT molecular complexity index is 418. The van der Waals surface area contributed by atoms with Crippen LogP contribution in [0.4, 0.5) is 0 Å². The van der Waals surface area contributed by atoms with Crippen LogP contribution in [0, 0.1) is 0 Å². The molecule has 1 unspecified atom stereocenters. The first-order valence-electron chi connectivity index (χ1n) is 6.11. The lowest BCUT2D eigenvalue weighted by molar-refractivity contribution is 0.0882. The molecule has 6 nitrogen and oxygen atoms in total. The Morgan fingerprint density at radius 3 is 3.06 bits per heavy atom. The normalized spacial score (nSPS) is 22.1. The molecule has 0 saturated carbocycles. The molecule has 1 aromatic heterocycles. The van der Waals surface area contributed by atoms with Crippen molar-refractivity contribution in [1.82, 2.24) is 15.2 Å². The van der Waals surface area contributed by atoms with E-state index in [1.807, 2.05) is 6.07 Å². The van der Waals surface area contributed by atoms with Gasteiger partial charge >= 0.3 is 5.91 Å². The number of piperazine rings is 1. The van der Waals surface area contributed by atoms with Crippen LogP contribution in [0.15, 0.2) is 16.7 Å². The molecule has 0 radical (unpaired) electrons. The smallest absolute Gasteiger partial charge is 0.301 e. The Morgan fingerprint density at radius 2 is 2.39 bits per heavy atom. The zero-order valence-corrected chi connectivity index (χ0v) is 10.8. The number of nitrogen functional groups attached to an aromatic ring is 1. The molecule has 3 N–H and O–H groups in total. The van der Waals surface area contributed by atoms with Gasteiger partial charge in [-0.3, -0.25) is 15.1 Å². The van der Waals surface area contributed by atoms with Gasteiger partial charge in [-0.2, -0.15) is 0 Å². The number of nitrogens with two attached hydrogens (primary N) is 1. The van der Waals surface area contributed by atoms with Crippen molar-refractivity contribution < 1.29 is 9.21 Å². The molecule has 2 heterocycles. The summed E-state index contributed by atoms with van der Waals surface area (Å²) in [7, 11) is 2.12. The van der Waals surface area contributed by atoms with Gasteiger partial charge in [-0.15, -0.1) is 0 Å². The molecule has 1 amide bonds. The van der Waals surface area contributed by atoms with Gasteiger partial charge < -0.3 is 9.32 Å². The minimum atomic E-state index is -0.378. The fourth-order valence-electron chi connectivity index (χ4n) is 2.36. The van der Waals surface area contributed by atoms with Gasteiger partial charge in [0.1, 0.15) is 0 Å². The molecule has 1 atom stereocenters. The fourth-order valence-corrected chi connectivity index (χ4v) is 2.36. The Labute approximate surface area is 107 Å². The van der Waals surface area contributed by atoms with Gasteiger partial charge in [-0.05, 0) is 20.0 Å². The van der Waals surface area contributed by atoms with Crippen LogP contribution in [0.5, 0.6) is 0 Å². The maximum Gasteiger partial charge on any atom is 0.301 e. The molecule has 1 aliphatic rings. The minimum absolute atomic E-state index is 0.309. The van der Waals surface area contributed by atoms with Gasteiger partial charge in [-0.1, -0.05) is 0 Å². The van der Waals surface area contributed by atoms with Gasteiger partial charge in [0.05, 0.1) is 6.26 Å². The summed E-state index contributed by atoms with van der Waals surface area (Å²) in [6.45, 7) is 5.98. The van der Waals surface area contributed by atoms with Crippen molar-refractivity contribution in [3.63, 3.8) is 0 Å². The summed E-state index contributed by atoms with van der Waals surface area (Å²) < 4.78 is 5.19. The summed E-state index contributed by atoms with van der Waals surface area (Å²) in [6.07, 6.45) is 1.53. The lowest BCUT2D eigenvalue weighted by Gasteiger charge is -2.38. The standard InChI is InChI=1S/C12H20N4O2/c1-9-7-15(2)4-5-16(9)8-10-3-6-18-11(10)12(17)14-13/h3,6,9H,4-5,7-8,13H2,1-2H3,(H,14,17). The van der Waals surface area contributed by atoms with Crippen LogP contribution in [0.2, 0.25) is 0 Å². The number of nitrogens with one attached hydrogen (secondary N) is 1. The fraction of sp³-hybridized carbons (Fsp3) is 0.583. The van der Waals surface area contributed by atoms with E-state index in [9.17, 15) is 4.79 Å². The van der Waals surface area contributed by atoms with Crippen LogP contribution in [0.3, 0.4) is 0 Å². The second kappa shape index (κ2) is 5.51. The SMILES string of the molecule is CC1CN(C)CCN1Cc1ccoc1C(=O)NN. The number of hydrogen-bond acceptors (Lipinski definition) is 5. The number of hydrogen-bond donors (Lipinski definition) is 2. The lowest BCUT2D eigenvalue weighted by atomic mass is 10.1. The summed E-state index contributed by atoms with van der Waals surface area (Å²) in [5.74, 6) is 5.06. The van der Waals surface area contributed by atoms with Gasteiger partial charge in [0.25, 0.3) is 0 Å². The Hall–Kier alpha value is -1.37. The van der Waals surface area contributed by atoms with Crippen LogP contribution in [-0.4, -0.2) is 48.4 Å². The molecule has 6 heteroatoms. The van der Waals surface area contributed by atoms with Gasteiger partial charge in [-0.25, -0.2) is 5.84 Å². The molecule has 1 aliphatic heterocycles. The van der Waals surface area contributed by atoms with E-state index in [1.165, 1.54) is 6.26 Å². The number of carbonyl (C=O) groups is 1. The minimum Gasteiger partial charge on any atom is -0.459 e. The van der Waals surface area contributed by atoms with E-state index in [0.717, 1.165) is 25.2 Å². The van der Waals surface area contributed by atoms with Gasteiger partial charge in [0.15, 0.2) is 5.76 Å². The first-order valence-corrected chi connectivity index (χ1v) is 6.11. The Balaban J connectivity index is 2.05. The molecule has 18 heavy (non-hydrogen) atoms. The van der Waals surface area contributed by atoms with Crippen LogP contribution >= 0.6 is 0 Å². The summed E-state index contributed by atoms with van der Waals surface area (Å²) in [4.78, 5) is 16.2. The molecule has 0 aliphatic carbocycles. The number of likely N-dealkylation sites (N-methyl/N-ethyl adjacent to an activating group) is 1. The highest BCUT2D eigenvalue weighted by Crippen LogP contribution is 2.17. The molecule has 0 bridgehead atoms. The highest BCUT2D eigenvalue weighted by Gasteiger charge is 2.24. The maximum absolute atomic E-state index is 11.5. The molecular formula is C12H20N4O2. The van der Waals surface area contributed by atoms with Crippen LogP contribution < -0.4 is 11.3 Å². The number of hydrazine groups is 1. The van der Waals surface area contributed by atoms with E-state index in [1.54, 1.807) is 0 Å². The van der Waals surface area contributed by atoms with Gasteiger partial charge in [0, 0.05) is 37.8 Å². The summed E-state index contributed by atoms with van der Waals surface area (Å²) in [5.41, 5.74) is 2.99. The first kappa shape index (κ1) is 13.1. The van der Waals surface area contributed by atoms with E-state index in [-0.39, 0.29) is 5.91 Å². The number of nitrogens with zero attached hydrogens (tertiary/aromatic N) is 2. The third-order valence-electron chi connectivity index (χ3n) is 3.43. The topological polar surface area (TPSA) is 74.7 Å². The number of amides is 1. The van der Waals surface area contributed by atoms with Crippen molar-refractivity contribution >= 4 is 5.91 Å². The van der Waals surface area contributed by atoms with E-state index in [0.29, 0.717) is 18.3 Å². The average Bonchev–Trinajstić information content (AvgIpc) is 2.80. The van der Waals surface area contributed by atoms with E-state index in [2.05, 4.69) is 29.2 Å². The van der Waals surface area contributed by atoms with Gasteiger partial charge in [0.2, 0.25) is 0 Å². The number of carbonyl (C=O) groups excluding carboxylic acids is 1. The van der Waals surface area contributed by atoms with E-state index < -0.39 is 0 Å². The number of furan rings is 1. The van der Waals surface area contributed by atoms with Crippen molar-refractivity contribution in [2.75, 3.05) is 26.7 Å². The monoisotopic (exact) mass is 252 g/mol. The second-order valence-corrected chi connectivity index (χ2v) is 4.83. The number of rotatable bonds is 3. The quantitative estimate of drug-likeness (QED) is 0.450. The van der Waals surface area contributed by atoms with Crippen molar-refractivity contribution in [2.24, 2.45) is 5.84 Å². The predicted molar refractivity (Wildman–Crippen MR) is 67.7 cm³/mol. The highest BCUT2D eigenvalue weighted by atomic mass is 16.3. The van der Waals surface area contributed by atoms with E-state index in [4.69, 9.17) is 10.3 Å². The molecule has 2 rings (SSSR count). The van der Waals surface area contributed by atoms with Crippen LogP contribution in [-0.2, 0) is 6.54 Å². The molecule has 1 saturated heterocycles. The summed E-state index contributed by atoms with van der Waals surface area (Å²) in [6, 6.07) is 2.29. The summed E-state index contributed by atoms with van der Waals surface area (Å²) >= 11 is 0. The third-order valence-corrected chi connectivity index (χ3v) is 3.43. The molecule has 0 aromatic carbocycles. The molecular weight excluding hydrogens is 232 g/mol. The van der Waals surface area contributed by atoms with Crippen molar-refractivity contribution in [2.45, 2.75) is 19.5 Å². The second-order valence-electron chi connectivity index (χ2n) is 4.83. The Morgan fingerprint density at radius 1 is 1.61 bits per heavy atom. The zero-order chi connectivity index (χ0) is 13.1. The van der Waals surface area contributed by atoms with Crippen molar-refractivity contribution in [3.8, 4) is 0 Å². The first-order chi connectivity index (χ1) is 8.61. The molecule has 0 spiro atoms. The highest BCUT2D eigenvalue weighted by molar-refractivity contribution is 5.92. The lowest BCUT2D eigenvalue weighted by Crippen LogP contribution is -2.49. The molecule has 100 valence electrons. The van der Waals surface area contributed by atoms with E-state index >= 15 is 0 Å². The largest absolute Gasteiger partial charge is 0.459 e. The van der Waals surface area contributed by atoms with Crippen molar-refractivity contribution in [3.05, 3.63) is 23.7 Å². The van der Waals surface area contributed by atoms with Crippen LogP contribution in [0.1, 0.15) is 23.0 Å². The third kappa shape index (κ3) is 2.72. The van der Waals surface area contributed by atoms with Crippen molar-refractivity contribution in [1.29, 1.82) is 0 Å². The molecule has 1 fully saturated rings. The summed E-state index contributed by atoms with van der Waals surface area (Å²) in [5, 5.41) is 0. The maximum atomic E-state index is 11.5. The van der Waals surface area contributed by atoms with Crippen LogP contribution in [0.25, 0.3) is 0 Å². The average molecular weight is 252 g/mol.